The Bertz CT molecular complexity index is 536. The van der Waals surface area contributed by atoms with Crippen LogP contribution in [0.25, 0.3) is 0 Å². The molecule has 108 valence electrons. The minimum absolute atomic E-state index is 0.0440. The number of nitriles is 1. The normalized spacial score (nSPS) is 13.4. The fourth-order valence-corrected chi connectivity index (χ4v) is 2.21. The smallest absolute Gasteiger partial charge is 0.240 e. The molecule has 0 unspecified atom stereocenters. The molecule has 5 heteroatoms. The molecular weight excluding hydrogens is 318 g/mol. The summed E-state index contributed by atoms with van der Waals surface area (Å²) in [5.74, 6) is -0.155. The Labute approximate surface area is 128 Å². The van der Waals surface area contributed by atoms with Gasteiger partial charge in [0.1, 0.15) is 5.54 Å². The number of benzene rings is 1. The van der Waals surface area contributed by atoms with Crippen LogP contribution in [0.4, 0.5) is 5.69 Å². The van der Waals surface area contributed by atoms with Gasteiger partial charge in [-0.25, -0.2) is 0 Å². The number of carbonyl (C=O) groups is 1. The van der Waals surface area contributed by atoms with Crippen LogP contribution >= 0.6 is 15.9 Å². The number of amides is 1. The molecule has 0 saturated carbocycles. The average Bonchev–Trinajstić information content (AvgIpc) is 2.37. The van der Waals surface area contributed by atoms with Gasteiger partial charge in [0, 0.05) is 10.2 Å². The van der Waals surface area contributed by atoms with Gasteiger partial charge in [-0.15, -0.1) is 0 Å². The fourth-order valence-electron chi connectivity index (χ4n) is 1.57. The molecule has 1 aromatic rings. The SMILES string of the molecule is Cc1ccc(NCC(=O)N[C@@](C)(C#N)C(C)C)c(Br)c1. The summed E-state index contributed by atoms with van der Waals surface area (Å²) < 4.78 is 0.914. The Hall–Kier alpha value is -1.54. The van der Waals surface area contributed by atoms with Gasteiger partial charge >= 0.3 is 0 Å². The van der Waals surface area contributed by atoms with Crippen molar-refractivity contribution in [3.63, 3.8) is 0 Å². The number of rotatable bonds is 5. The third-order valence-electron chi connectivity index (χ3n) is 3.35. The van der Waals surface area contributed by atoms with Gasteiger partial charge < -0.3 is 10.6 Å². The van der Waals surface area contributed by atoms with Crippen LogP contribution in [0.15, 0.2) is 22.7 Å². The molecule has 1 amide bonds. The van der Waals surface area contributed by atoms with Crippen LogP contribution in [-0.2, 0) is 4.79 Å². The quantitative estimate of drug-likeness (QED) is 0.866. The van der Waals surface area contributed by atoms with E-state index in [4.69, 9.17) is 0 Å². The van der Waals surface area contributed by atoms with Crippen LogP contribution < -0.4 is 10.6 Å². The lowest BCUT2D eigenvalue weighted by Gasteiger charge is -2.27. The molecule has 0 saturated heterocycles. The van der Waals surface area contributed by atoms with E-state index >= 15 is 0 Å². The monoisotopic (exact) mass is 337 g/mol. The van der Waals surface area contributed by atoms with E-state index in [1.165, 1.54) is 0 Å². The molecule has 0 aliphatic heterocycles. The number of aryl methyl sites for hydroxylation is 1. The summed E-state index contributed by atoms with van der Waals surface area (Å²) >= 11 is 3.45. The number of hydrogen-bond acceptors (Lipinski definition) is 3. The summed E-state index contributed by atoms with van der Waals surface area (Å²) in [5.41, 5.74) is 1.15. The molecule has 0 spiro atoms. The third kappa shape index (κ3) is 4.24. The second-order valence-electron chi connectivity index (χ2n) is 5.35. The molecule has 1 rings (SSSR count). The fraction of sp³-hybridized carbons (Fsp3) is 0.467. The van der Waals surface area contributed by atoms with Crippen LogP contribution in [-0.4, -0.2) is 18.0 Å². The average molecular weight is 338 g/mol. The lowest BCUT2D eigenvalue weighted by molar-refractivity contribution is -0.121. The second kappa shape index (κ2) is 6.76. The Kier molecular flexibility index (Phi) is 5.58. The number of anilines is 1. The number of hydrogen-bond donors (Lipinski definition) is 2. The van der Waals surface area contributed by atoms with Crippen LogP contribution in [0, 0.1) is 24.2 Å². The van der Waals surface area contributed by atoms with Gasteiger partial charge in [-0.05, 0) is 53.4 Å². The molecule has 0 aliphatic rings. The molecule has 0 radical (unpaired) electrons. The predicted molar refractivity (Wildman–Crippen MR) is 84.4 cm³/mol. The van der Waals surface area contributed by atoms with E-state index in [-0.39, 0.29) is 18.4 Å². The summed E-state index contributed by atoms with van der Waals surface area (Å²) in [4.78, 5) is 11.9. The van der Waals surface area contributed by atoms with Crippen LogP contribution in [0.1, 0.15) is 26.3 Å². The molecule has 0 aliphatic carbocycles. The maximum absolute atomic E-state index is 11.9. The zero-order valence-corrected chi connectivity index (χ0v) is 13.8. The predicted octanol–water partition coefficient (Wildman–Crippen LogP) is 3.22. The first-order chi connectivity index (χ1) is 9.28. The first kappa shape index (κ1) is 16.5. The lowest BCUT2D eigenvalue weighted by Crippen LogP contribution is -2.50. The Balaban J connectivity index is 2.62. The van der Waals surface area contributed by atoms with Crippen molar-refractivity contribution in [2.24, 2.45) is 5.92 Å². The molecule has 1 atom stereocenters. The standard InChI is InChI=1S/C15H20BrN3O/c1-10(2)15(4,9-17)19-14(20)8-18-13-6-5-11(3)7-12(13)16/h5-7,10,18H,8H2,1-4H3,(H,19,20)/t15-/m0/s1. The van der Waals surface area contributed by atoms with Crippen LogP contribution in [0.2, 0.25) is 0 Å². The second-order valence-corrected chi connectivity index (χ2v) is 6.21. The van der Waals surface area contributed by atoms with Crippen LogP contribution in [0.3, 0.4) is 0 Å². The van der Waals surface area contributed by atoms with Crippen molar-refractivity contribution in [3.8, 4) is 6.07 Å². The maximum atomic E-state index is 11.9. The largest absolute Gasteiger partial charge is 0.375 e. The van der Waals surface area contributed by atoms with Crippen molar-refractivity contribution < 1.29 is 4.79 Å². The highest BCUT2D eigenvalue weighted by Crippen LogP contribution is 2.23. The molecule has 0 aromatic heterocycles. The van der Waals surface area contributed by atoms with Crippen molar-refractivity contribution in [1.29, 1.82) is 5.26 Å². The summed E-state index contributed by atoms with van der Waals surface area (Å²) in [6, 6.07) is 8.02. The third-order valence-corrected chi connectivity index (χ3v) is 4.01. The van der Waals surface area contributed by atoms with Crippen molar-refractivity contribution in [3.05, 3.63) is 28.2 Å². The highest BCUT2D eigenvalue weighted by molar-refractivity contribution is 9.10. The summed E-state index contributed by atoms with van der Waals surface area (Å²) in [6.45, 7) is 7.69. The highest BCUT2D eigenvalue weighted by atomic mass is 79.9. The summed E-state index contributed by atoms with van der Waals surface area (Å²) in [7, 11) is 0. The topological polar surface area (TPSA) is 64.9 Å². The highest BCUT2D eigenvalue weighted by Gasteiger charge is 2.29. The van der Waals surface area contributed by atoms with Crippen molar-refractivity contribution in [2.75, 3.05) is 11.9 Å². The molecule has 2 N–H and O–H groups in total. The van der Waals surface area contributed by atoms with Gasteiger partial charge in [-0.1, -0.05) is 19.9 Å². The molecule has 0 bridgehead atoms. The molecule has 1 aromatic carbocycles. The number of halogens is 1. The molecule has 4 nitrogen and oxygen atoms in total. The zero-order chi connectivity index (χ0) is 15.3. The van der Waals surface area contributed by atoms with Gasteiger partial charge in [0.15, 0.2) is 0 Å². The Morgan fingerprint density at radius 1 is 1.50 bits per heavy atom. The van der Waals surface area contributed by atoms with Gasteiger partial charge in [0.2, 0.25) is 5.91 Å². The maximum Gasteiger partial charge on any atom is 0.240 e. The first-order valence-electron chi connectivity index (χ1n) is 6.51. The van der Waals surface area contributed by atoms with E-state index in [0.717, 1.165) is 15.7 Å². The van der Waals surface area contributed by atoms with E-state index in [1.54, 1.807) is 6.92 Å². The van der Waals surface area contributed by atoms with E-state index in [2.05, 4.69) is 32.6 Å². The number of carbonyl (C=O) groups excluding carboxylic acids is 1. The Morgan fingerprint density at radius 2 is 2.15 bits per heavy atom. The number of nitrogens with zero attached hydrogens (tertiary/aromatic N) is 1. The van der Waals surface area contributed by atoms with Gasteiger partial charge in [-0.3, -0.25) is 4.79 Å². The van der Waals surface area contributed by atoms with Crippen molar-refractivity contribution in [1.82, 2.24) is 5.32 Å². The lowest BCUT2D eigenvalue weighted by atomic mass is 9.90. The van der Waals surface area contributed by atoms with Crippen LogP contribution in [0.5, 0.6) is 0 Å². The minimum atomic E-state index is -0.844. The van der Waals surface area contributed by atoms with E-state index in [9.17, 15) is 10.1 Å². The van der Waals surface area contributed by atoms with Gasteiger partial charge in [-0.2, -0.15) is 5.26 Å². The number of nitrogens with one attached hydrogen (secondary N) is 2. The van der Waals surface area contributed by atoms with Crippen molar-refractivity contribution in [2.45, 2.75) is 33.2 Å². The van der Waals surface area contributed by atoms with Gasteiger partial charge in [0.25, 0.3) is 0 Å². The zero-order valence-electron chi connectivity index (χ0n) is 12.2. The van der Waals surface area contributed by atoms with Gasteiger partial charge in [0.05, 0.1) is 12.6 Å². The summed E-state index contributed by atoms with van der Waals surface area (Å²) in [6.07, 6.45) is 0. The molecule has 0 heterocycles. The Morgan fingerprint density at radius 3 is 2.65 bits per heavy atom. The van der Waals surface area contributed by atoms with E-state index in [0.29, 0.717) is 0 Å². The minimum Gasteiger partial charge on any atom is -0.375 e. The molecular formula is C15H20BrN3O. The molecule has 20 heavy (non-hydrogen) atoms. The van der Waals surface area contributed by atoms with E-state index in [1.807, 2.05) is 39.0 Å². The molecule has 0 fully saturated rings. The van der Waals surface area contributed by atoms with Crippen molar-refractivity contribution >= 4 is 27.5 Å². The first-order valence-corrected chi connectivity index (χ1v) is 7.30. The summed E-state index contributed by atoms with van der Waals surface area (Å²) in [5, 5.41) is 15.0. The van der Waals surface area contributed by atoms with E-state index < -0.39 is 5.54 Å².